The topological polar surface area (TPSA) is 72.7 Å². The molecule has 0 aliphatic carbocycles. The molecule has 0 radical (unpaired) electrons. The third-order valence-electron chi connectivity index (χ3n) is 2.79. The molecular formula is C13H15Cl2N5OS. The molecule has 0 aliphatic heterocycles. The highest BCUT2D eigenvalue weighted by molar-refractivity contribution is 8.00. The summed E-state index contributed by atoms with van der Waals surface area (Å²) < 4.78 is 1.67. The molecule has 6 nitrogen and oxygen atoms in total. The van der Waals surface area contributed by atoms with Crippen molar-refractivity contribution in [1.82, 2.24) is 20.2 Å². The largest absolute Gasteiger partial charge is 0.324 e. The number of aromatic nitrogens is 4. The average Bonchev–Trinajstić information content (AvgIpc) is 2.90. The summed E-state index contributed by atoms with van der Waals surface area (Å²) in [7, 11) is 0. The van der Waals surface area contributed by atoms with Gasteiger partial charge in [-0.1, -0.05) is 35.0 Å². The molecule has 0 fully saturated rings. The number of amides is 1. The normalized spacial score (nSPS) is 12.5. The minimum absolute atomic E-state index is 0.124. The van der Waals surface area contributed by atoms with Crippen LogP contribution < -0.4 is 5.32 Å². The summed E-state index contributed by atoms with van der Waals surface area (Å²) in [5.74, 6) is -0.187. The van der Waals surface area contributed by atoms with E-state index in [0.717, 1.165) is 0 Å². The van der Waals surface area contributed by atoms with Crippen LogP contribution in [0.15, 0.2) is 23.4 Å². The Morgan fingerprint density at radius 3 is 2.68 bits per heavy atom. The quantitative estimate of drug-likeness (QED) is 0.824. The van der Waals surface area contributed by atoms with E-state index in [1.807, 2.05) is 13.8 Å². The SMILES string of the molecule is CC(Sc1nnnn1C(C)C)C(=O)Nc1ccc(Cl)cc1Cl. The van der Waals surface area contributed by atoms with Crippen molar-refractivity contribution in [1.29, 1.82) is 0 Å². The molecule has 0 spiro atoms. The maximum atomic E-state index is 12.3. The fraction of sp³-hybridized carbons (Fsp3) is 0.385. The molecule has 2 rings (SSSR count). The Morgan fingerprint density at radius 1 is 1.32 bits per heavy atom. The third-order valence-corrected chi connectivity index (χ3v) is 4.39. The van der Waals surface area contributed by atoms with Gasteiger partial charge in [-0.25, -0.2) is 4.68 Å². The zero-order valence-corrected chi connectivity index (χ0v) is 14.6. The predicted molar refractivity (Wildman–Crippen MR) is 88.6 cm³/mol. The smallest absolute Gasteiger partial charge is 0.237 e. The van der Waals surface area contributed by atoms with Crippen LogP contribution in [-0.2, 0) is 4.79 Å². The Morgan fingerprint density at radius 2 is 2.05 bits per heavy atom. The lowest BCUT2D eigenvalue weighted by atomic mass is 10.3. The first-order valence-corrected chi connectivity index (χ1v) is 8.22. The van der Waals surface area contributed by atoms with Gasteiger partial charge >= 0.3 is 0 Å². The second-order valence-electron chi connectivity index (χ2n) is 4.87. The molecule has 1 heterocycles. The summed E-state index contributed by atoms with van der Waals surface area (Å²) >= 11 is 13.2. The summed E-state index contributed by atoms with van der Waals surface area (Å²) in [5.41, 5.74) is 0.520. The molecule has 1 atom stereocenters. The molecule has 0 aliphatic rings. The predicted octanol–water partition coefficient (Wildman–Crippen LogP) is 3.68. The van der Waals surface area contributed by atoms with Crippen LogP contribution in [0.5, 0.6) is 0 Å². The molecule has 0 saturated carbocycles. The van der Waals surface area contributed by atoms with E-state index >= 15 is 0 Å². The van der Waals surface area contributed by atoms with E-state index in [4.69, 9.17) is 23.2 Å². The van der Waals surface area contributed by atoms with E-state index in [-0.39, 0.29) is 17.2 Å². The lowest BCUT2D eigenvalue weighted by molar-refractivity contribution is -0.115. The highest BCUT2D eigenvalue weighted by Gasteiger charge is 2.20. The van der Waals surface area contributed by atoms with Crippen molar-refractivity contribution in [2.24, 2.45) is 0 Å². The number of hydrogen-bond acceptors (Lipinski definition) is 5. The van der Waals surface area contributed by atoms with E-state index in [0.29, 0.717) is 20.9 Å². The summed E-state index contributed by atoms with van der Waals surface area (Å²) in [5, 5.41) is 15.4. The van der Waals surface area contributed by atoms with Crippen LogP contribution in [0.25, 0.3) is 0 Å². The van der Waals surface area contributed by atoms with E-state index in [9.17, 15) is 4.79 Å². The lowest BCUT2D eigenvalue weighted by Gasteiger charge is -2.13. The van der Waals surface area contributed by atoms with E-state index in [1.165, 1.54) is 11.8 Å². The Balaban J connectivity index is 2.04. The van der Waals surface area contributed by atoms with Crippen molar-refractivity contribution < 1.29 is 4.79 Å². The van der Waals surface area contributed by atoms with Crippen molar-refractivity contribution in [3.05, 3.63) is 28.2 Å². The van der Waals surface area contributed by atoms with Crippen LogP contribution in [0.2, 0.25) is 10.0 Å². The number of hydrogen-bond donors (Lipinski definition) is 1. The second-order valence-corrected chi connectivity index (χ2v) is 7.02. The van der Waals surface area contributed by atoms with Crippen molar-refractivity contribution >= 4 is 46.6 Å². The van der Waals surface area contributed by atoms with Crippen molar-refractivity contribution in [3.8, 4) is 0 Å². The van der Waals surface area contributed by atoms with Crippen LogP contribution in [-0.4, -0.2) is 31.4 Å². The van der Waals surface area contributed by atoms with Crippen LogP contribution in [0.4, 0.5) is 5.69 Å². The molecule has 0 saturated heterocycles. The van der Waals surface area contributed by atoms with Crippen LogP contribution in [0.1, 0.15) is 26.8 Å². The molecule has 1 amide bonds. The van der Waals surface area contributed by atoms with E-state index in [1.54, 1.807) is 29.8 Å². The first kappa shape index (κ1) is 17.1. The molecule has 2 aromatic rings. The van der Waals surface area contributed by atoms with Crippen molar-refractivity contribution in [2.75, 3.05) is 5.32 Å². The van der Waals surface area contributed by atoms with Crippen LogP contribution in [0.3, 0.4) is 0 Å². The third kappa shape index (κ3) is 4.12. The average molecular weight is 360 g/mol. The van der Waals surface area contributed by atoms with Gasteiger partial charge in [0.1, 0.15) is 0 Å². The van der Waals surface area contributed by atoms with Crippen LogP contribution >= 0.6 is 35.0 Å². The first-order valence-electron chi connectivity index (χ1n) is 6.59. The molecule has 1 N–H and O–H groups in total. The van der Waals surface area contributed by atoms with Gasteiger partial charge in [-0.2, -0.15) is 0 Å². The van der Waals surface area contributed by atoms with E-state index in [2.05, 4.69) is 20.8 Å². The van der Waals surface area contributed by atoms with Gasteiger partial charge in [-0.05, 0) is 49.4 Å². The van der Waals surface area contributed by atoms with Gasteiger partial charge in [0.25, 0.3) is 0 Å². The highest BCUT2D eigenvalue weighted by atomic mass is 35.5. The summed E-state index contributed by atoms with van der Waals surface area (Å²) in [4.78, 5) is 12.3. The molecule has 118 valence electrons. The van der Waals surface area contributed by atoms with Gasteiger partial charge in [0.2, 0.25) is 11.1 Å². The number of anilines is 1. The fourth-order valence-electron chi connectivity index (χ4n) is 1.62. The summed E-state index contributed by atoms with van der Waals surface area (Å²) in [6.45, 7) is 5.72. The first-order chi connectivity index (χ1) is 10.4. The van der Waals surface area contributed by atoms with Gasteiger partial charge < -0.3 is 5.32 Å². The molecule has 22 heavy (non-hydrogen) atoms. The number of rotatable bonds is 5. The number of benzene rings is 1. The monoisotopic (exact) mass is 359 g/mol. The number of nitrogens with zero attached hydrogens (tertiary/aromatic N) is 4. The number of carbonyl (C=O) groups is 1. The van der Waals surface area contributed by atoms with Gasteiger partial charge in [0, 0.05) is 5.02 Å². The van der Waals surface area contributed by atoms with Crippen molar-refractivity contribution in [3.63, 3.8) is 0 Å². The van der Waals surface area contributed by atoms with E-state index < -0.39 is 0 Å². The van der Waals surface area contributed by atoms with Gasteiger partial charge in [0.05, 0.1) is 22.0 Å². The second kappa shape index (κ2) is 7.30. The van der Waals surface area contributed by atoms with Crippen LogP contribution in [0, 0.1) is 0 Å². The standard InChI is InChI=1S/C13H15Cl2N5OS/c1-7(2)20-13(17-18-19-20)22-8(3)12(21)16-11-5-4-9(14)6-10(11)15/h4-8H,1-3H3,(H,16,21). The zero-order chi connectivity index (χ0) is 16.3. The van der Waals surface area contributed by atoms with Gasteiger partial charge in [-0.3, -0.25) is 4.79 Å². The minimum atomic E-state index is -0.379. The number of thioether (sulfide) groups is 1. The van der Waals surface area contributed by atoms with Crippen molar-refractivity contribution in [2.45, 2.75) is 37.2 Å². The molecule has 1 aromatic heterocycles. The van der Waals surface area contributed by atoms with Gasteiger partial charge in [-0.15, -0.1) is 5.10 Å². The molecule has 9 heteroatoms. The summed E-state index contributed by atoms with van der Waals surface area (Å²) in [6, 6.07) is 5.03. The number of halogens is 2. The molecule has 1 aromatic carbocycles. The maximum absolute atomic E-state index is 12.3. The molecule has 0 bridgehead atoms. The Kier molecular flexibility index (Phi) is 5.66. The molecule has 1 unspecified atom stereocenters. The Bertz CT molecular complexity index is 676. The highest BCUT2D eigenvalue weighted by Crippen LogP contribution is 2.27. The number of tetrazole rings is 1. The summed E-state index contributed by atoms with van der Waals surface area (Å²) in [6.07, 6.45) is 0. The number of nitrogens with one attached hydrogen (secondary N) is 1. The Labute approximate surface area is 142 Å². The molecular weight excluding hydrogens is 345 g/mol. The minimum Gasteiger partial charge on any atom is -0.324 e. The zero-order valence-electron chi connectivity index (χ0n) is 12.2. The number of carbonyl (C=O) groups excluding carboxylic acids is 1. The lowest BCUT2D eigenvalue weighted by Crippen LogP contribution is -2.23. The Hall–Kier alpha value is -1.31. The maximum Gasteiger partial charge on any atom is 0.237 e. The van der Waals surface area contributed by atoms with Gasteiger partial charge in [0.15, 0.2) is 0 Å². The fourth-order valence-corrected chi connectivity index (χ4v) is 3.00.